The molecule has 0 bridgehead atoms. The first-order chi connectivity index (χ1) is 6.93. The van der Waals surface area contributed by atoms with Gasteiger partial charge in [0.05, 0.1) is 11.7 Å². The second-order valence-corrected chi connectivity index (χ2v) is 3.53. The molecule has 1 aromatic rings. The number of carbonyl (C=O) groups excluding carboxylic acids is 1. The highest BCUT2D eigenvalue weighted by Gasteiger charge is 2.17. The monoisotopic (exact) mass is 210 g/mol. The lowest BCUT2D eigenvalue weighted by Gasteiger charge is -2.14. The van der Waals surface area contributed by atoms with Crippen LogP contribution in [0.5, 0.6) is 17.2 Å². The maximum absolute atomic E-state index is 11.2. The summed E-state index contributed by atoms with van der Waals surface area (Å²) in [6.45, 7) is 4.92. The summed E-state index contributed by atoms with van der Waals surface area (Å²) in [4.78, 5) is 11.2. The molecule has 0 aromatic heterocycles. The van der Waals surface area contributed by atoms with Gasteiger partial charge in [0.15, 0.2) is 17.3 Å². The SMILES string of the molecule is CC(=O)c1ccc(O)c(O)c1OC(C)C. The molecule has 0 aliphatic rings. The number of aromatic hydroxyl groups is 2. The van der Waals surface area contributed by atoms with E-state index in [1.165, 1.54) is 19.1 Å². The topological polar surface area (TPSA) is 66.8 Å². The third-order valence-corrected chi connectivity index (χ3v) is 1.84. The molecule has 0 aliphatic heterocycles. The summed E-state index contributed by atoms with van der Waals surface area (Å²) >= 11 is 0. The van der Waals surface area contributed by atoms with Crippen LogP contribution in [0.2, 0.25) is 0 Å². The largest absolute Gasteiger partial charge is 0.504 e. The Balaban J connectivity index is 3.28. The molecule has 0 radical (unpaired) electrons. The molecule has 4 nitrogen and oxygen atoms in total. The minimum Gasteiger partial charge on any atom is -0.504 e. The molecular formula is C11H14O4. The zero-order valence-corrected chi connectivity index (χ0v) is 8.94. The van der Waals surface area contributed by atoms with Crippen LogP contribution in [0.1, 0.15) is 31.1 Å². The number of carbonyl (C=O) groups is 1. The molecule has 1 rings (SSSR count). The van der Waals surface area contributed by atoms with Gasteiger partial charge in [-0.05, 0) is 32.9 Å². The fraction of sp³-hybridized carbons (Fsp3) is 0.364. The molecule has 0 unspecified atom stereocenters. The highest BCUT2D eigenvalue weighted by molar-refractivity contribution is 5.98. The summed E-state index contributed by atoms with van der Waals surface area (Å²) in [5.74, 6) is -0.870. The van der Waals surface area contributed by atoms with E-state index < -0.39 is 5.75 Å². The van der Waals surface area contributed by atoms with Gasteiger partial charge < -0.3 is 14.9 Å². The van der Waals surface area contributed by atoms with Gasteiger partial charge in [-0.25, -0.2) is 0 Å². The Kier molecular flexibility index (Phi) is 3.19. The van der Waals surface area contributed by atoms with Crippen LogP contribution in [0.15, 0.2) is 12.1 Å². The van der Waals surface area contributed by atoms with Crippen LogP contribution >= 0.6 is 0 Å². The van der Waals surface area contributed by atoms with Gasteiger partial charge in [-0.2, -0.15) is 0 Å². The van der Waals surface area contributed by atoms with E-state index in [1.54, 1.807) is 13.8 Å². The number of hydrogen-bond donors (Lipinski definition) is 2. The highest BCUT2D eigenvalue weighted by Crippen LogP contribution is 2.38. The number of rotatable bonds is 3. The first-order valence-electron chi connectivity index (χ1n) is 4.66. The number of ether oxygens (including phenoxy) is 1. The third kappa shape index (κ3) is 2.40. The van der Waals surface area contributed by atoms with Crippen LogP contribution in [0.4, 0.5) is 0 Å². The Morgan fingerprint density at radius 3 is 2.40 bits per heavy atom. The lowest BCUT2D eigenvalue weighted by atomic mass is 10.1. The Morgan fingerprint density at radius 1 is 1.33 bits per heavy atom. The molecule has 0 heterocycles. The van der Waals surface area contributed by atoms with Crippen molar-refractivity contribution in [2.75, 3.05) is 0 Å². The summed E-state index contributed by atoms with van der Waals surface area (Å²) in [6, 6.07) is 2.69. The first kappa shape index (κ1) is 11.4. The predicted octanol–water partition coefficient (Wildman–Crippen LogP) is 2.09. The number of phenolic OH excluding ortho intramolecular Hbond substituents is 2. The average Bonchev–Trinajstić information content (AvgIpc) is 2.12. The van der Waals surface area contributed by atoms with Gasteiger partial charge in [-0.15, -0.1) is 0 Å². The number of benzene rings is 1. The number of Topliss-reactive ketones (excluding diaryl/α,β-unsaturated/α-hetero) is 1. The Morgan fingerprint density at radius 2 is 1.93 bits per heavy atom. The van der Waals surface area contributed by atoms with E-state index >= 15 is 0 Å². The van der Waals surface area contributed by atoms with Crippen molar-refractivity contribution >= 4 is 5.78 Å². The van der Waals surface area contributed by atoms with Gasteiger partial charge in [-0.3, -0.25) is 4.79 Å². The Bertz CT molecular complexity index is 382. The molecule has 4 heteroatoms. The van der Waals surface area contributed by atoms with E-state index in [0.717, 1.165) is 0 Å². The maximum Gasteiger partial charge on any atom is 0.201 e. The second-order valence-electron chi connectivity index (χ2n) is 3.53. The normalized spacial score (nSPS) is 10.4. The molecule has 0 spiro atoms. The lowest BCUT2D eigenvalue weighted by Crippen LogP contribution is -2.09. The van der Waals surface area contributed by atoms with Gasteiger partial charge in [0, 0.05) is 0 Å². The average molecular weight is 210 g/mol. The van der Waals surface area contributed by atoms with Gasteiger partial charge in [0.25, 0.3) is 0 Å². The molecule has 15 heavy (non-hydrogen) atoms. The van der Waals surface area contributed by atoms with Crippen molar-refractivity contribution in [2.45, 2.75) is 26.9 Å². The smallest absolute Gasteiger partial charge is 0.201 e. The quantitative estimate of drug-likeness (QED) is 0.592. The van der Waals surface area contributed by atoms with Crippen molar-refractivity contribution in [3.05, 3.63) is 17.7 Å². The van der Waals surface area contributed by atoms with Crippen molar-refractivity contribution in [3.63, 3.8) is 0 Å². The van der Waals surface area contributed by atoms with E-state index in [-0.39, 0.29) is 28.9 Å². The molecule has 0 saturated heterocycles. The standard InChI is InChI=1S/C11H14O4/c1-6(2)15-11-8(7(3)12)4-5-9(13)10(11)14/h4-6,13-14H,1-3H3. The number of ketones is 1. The summed E-state index contributed by atoms with van der Waals surface area (Å²) < 4.78 is 5.29. The molecule has 82 valence electrons. The fourth-order valence-electron chi connectivity index (χ4n) is 1.19. The molecule has 2 N–H and O–H groups in total. The van der Waals surface area contributed by atoms with Gasteiger partial charge in [0.2, 0.25) is 5.75 Å². The van der Waals surface area contributed by atoms with Crippen molar-refractivity contribution in [1.29, 1.82) is 0 Å². The van der Waals surface area contributed by atoms with Crippen molar-refractivity contribution < 1.29 is 19.7 Å². The van der Waals surface area contributed by atoms with Crippen molar-refractivity contribution in [1.82, 2.24) is 0 Å². The number of phenols is 2. The van der Waals surface area contributed by atoms with Gasteiger partial charge >= 0.3 is 0 Å². The Hall–Kier alpha value is -1.71. The van der Waals surface area contributed by atoms with Crippen molar-refractivity contribution in [2.24, 2.45) is 0 Å². The van der Waals surface area contributed by atoms with Crippen LogP contribution in [0.3, 0.4) is 0 Å². The minimum atomic E-state index is -0.392. The molecule has 0 fully saturated rings. The predicted molar refractivity (Wildman–Crippen MR) is 55.5 cm³/mol. The second kappa shape index (κ2) is 4.21. The third-order valence-electron chi connectivity index (χ3n) is 1.84. The molecular weight excluding hydrogens is 196 g/mol. The van der Waals surface area contributed by atoms with Crippen LogP contribution in [-0.2, 0) is 0 Å². The molecule has 0 aliphatic carbocycles. The highest BCUT2D eigenvalue weighted by atomic mass is 16.5. The van der Waals surface area contributed by atoms with Gasteiger partial charge in [-0.1, -0.05) is 0 Å². The van der Waals surface area contributed by atoms with Crippen molar-refractivity contribution in [3.8, 4) is 17.2 Å². The molecule has 0 amide bonds. The molecule has 0 atom stereocenters. The van der Waals surface area contributed by atoms with E-state index in [9.17, 15) is 15.0 Å². The van der Waals surface area contributed by atoms with E-state index in [0.29, 0.717) is 0 Å². The van der Waals surface area contributed by atoms with E-state index in [2.05, 4.69) is 0 Å². The lowest BCUT2D eigenvalue weighted by molar-refractivity contribution is 0.101. The van der Waals surface area contributed by atoms with E-state index in [1.807, 2.05) is 0 Å². The Labute approximate surface area is 88.1 Å². The first-order valence-corrected chi connectivity index (χ1v) is 4.66. The molecule has 1 aromatic carbocycles. The summed E-state index contributed by atoms with van der Waals surface area (Å²) in [7, 11) is 0. The van der Waals surface area contributed by atoms with Crippen LogP contribution < -0.4 is 4.74 Å². The van der Waals surface area contributed by atoms with E-state index in [4.69, 9.17) is 4.74 Å². The molecule has 0 saturated carbocycles. The van der Waals surface area contributed by atoms with Crippen LogP contribution in [0, 0.1) is 0 Å². The minimum absolute atomic E-state index is 0.0394. The zero-order valence-electron chi connectivity index (χ0n) is 8.94. The fourth-order valence-corrected chi connectivity index (χ4v) is 1.19. The van der Waals surface area contributed by atoms with Crippen LogP contribution in [0.25, 0.3) is 0 Å². The zero-order chi connectivity index (χ0) is 11.6. The maximum atomic E-state index is 11.2. The summed E-state index contributed by atoms with van der Waals surface area (Å²) in [5, 5.41) is 18.8. The van der Waals surface area contributed by atoms with Crippen LogP contribution in [-0.4, -0.2) is 22.1 Å². The summed E-state index contributed by atoms with van der Waals surface area (Å²) in [6.07, 6.45) is -0.184. The van der Waals surface area contributed by atoms with Gasteiger partial charge in [0.1, 0.15) is 0 Å². The summed E-state index contributed by atoms with van der Waals surface area (Å²) in [5.41, 5.74) is 0.263. The number of hydrogen-bond acceptors (Lipinski definition) is 4.